The number of anilines is 1. The van der Waals surface area contributed by atoms with Crippen LogP contribution < -0.4 is 16.0 Å². The van der Waals surface area contributed by atoms with Crippen LogP contribution in [0.2, 0.25) is 0 Å². The van der Waals surface area contributed by atoms with Crippen molar-refractivity contribution in [2.75, 3.05) is 18.0 Å². The van der Waals surface area contributed by atoms with Gasteiger partial charge in [0.05, 0.1) is 17.4 Å². The standard InChI is InChI=1S/C21H22Br2N4O4/c22-15-4-1-13(2-5-15)21(29)25-17(12-20(24)28)14-3-6-18(19(11-14)27(30)31)26-9-7-16(23)8-10-26/h1-6,11,16-17H,7-10,12H2,(H2,24,28)(H,25,29). The van der Waals surface area contributed by atoms with Gasteiger partial charge in [-0.2, -0.15) is 0 Å². The number of benzene rings is 2. The summed E-state index contributed by atoms with van der Waals surface area (Å²) < 4.78 is 0.827. The molecule has 10 heteroatoms. The third-order valence-corrected chi connectivity index (χ3v) is 6.63. The van der Waals surface area contributed by atoms with Crippen LogP contribution in [0.3, 0.4) is 0 Å². The zero-order valence-corrected chi connectivity index (χ0v) is 19.8. The lowest BCUT2D eigenvalue weighted by atomic mass is 10.00. The number of piperidine rings is 1. The van der Waals surface area contributed by atoms with Crippen molar-refractivity contribution >= 4 is 55.0 Å². The lowest BCUT2D eigenvalue weighted by molar-refractivity contribution is -0.384. The zero-order chi connectivity index (χ0) is 22.5. The summed E-state index contributed by atoms with van der Waals surface area (Å²) >= 11 is 6.90. The number of hydrogen-bond acceptors (Lipinski definition) is 5. The smallest absolute Gasteiger partial charge is 0.292 e. The number of nitrogens with zero attached hydrogens (tertiary/aromatic N) is 2. The van der Waals surface area contributed by atoms with E-state index in [0.717, 1.165) is 17.3 Å². The minimum Gasteiger partial charge on any atom is -0.370 e. The molecular formula is C21H22Br2N4O4. The van der Waals surface area contributed by atoms with Crippen LogP contribution in [0.15, 0.2) is 46.9 Å². The summed E-state index contributed by atoms with van der Waals surface area (Å²) in [5.41, 5.74) is 6.71. The van der Waals surface area contributed by atoms with Crippen molar-refractivity contribution in [1.29, 1.82) is 0 Å². The molecule has 1 aliphatic rings. The van der Waals surface area contributed by atoms with E-state index in [2.05, 4.69) is 37.2 Å². The Hall–Kier alpha value is -2.46. The maximum absolute atomic E-state index is 12.7. The summed E-state index contributed by atoms with van der Waals surface area (Å²) in [6.07, 6.45) is 1.62. The highest BCUT2D eigenvalue weighted by Gasteiger charge is 2.27. The van der Waals surface area contributed by atoms with Gasteiger partial charge in [0.25, 0.3) is 11.6 Å². The van der Waals surface area contributed by atoms with E-state index in [1.54, 1.807) is 36.4 Å². The highest BCUT2D eigenvalue weighted by atomic mass is 79.9. The number of carbonyl (C=O) groups excluding carboxylic acids is 2. The second-order valence-corrected chi connectivity index (χ2v) is 9.58. The van der Waals surface area contributed by atoms with E-state index in [-0.39, 0.29) is 12.1 Å². The number of carbonyl (C=O) groups is 2. The average Bonchev–Trinajstić information content (AvgIpc) is 2.73. The molecule has 1 heterocycles. The summed E-state index contributed by atoms with van der Waals surface area (Å²) in [4.78, 5) is 38.0. The van der Waals surface area contributed by atoms with Crippen LogP contribution in [0.25, 0.3) is 0 Å². The van der Waals surface area contributed by atoms with Gasteiger partial charge in [-0.05, 0) is 48.7 Å². The number of nitro groups is 1. The molecule has 0 spiro atoms. The van der Waals surface area contributed by atoms with Crippen molar-refractivity contribution in [2.45, 2.75) is 30.1 Å². The van der Waals surface area contributed by atoms with Gasteiger partial charge < -0.3 is 16.0 Å². The number of hydrogen-bond donors (Lipinski definition) is 2. The molecule has 0 radical (unpaired) electrons. The Bertz CT molecular complexity index is 976. The lowest BCUT2D eigenvalue weighted by Crippen LogP contribution is -2.34. The van der Waals surface area contributed by atoms with Gasteiger partial charge in [0.15, 0.2) is 0 Å². The quantitative estimate of drug-likeness (QED) is 0.304. The van der Waals surface area contributed by atoms with Gasteiger partial charge in [-0.1, -0.05) is 37.9 Å². The van der Waals surface area contributed by atoms with E-state index < -0.39 is 22.8 Å². The van der Waals surface area contributed by atoms with E-state index >= 15 is 0 Å². The zero-order valence-electron chi connectivity index (χ0n) is 16.6. The van der Waals surface area contributed by atoms with Crippen LogP contribution in [-0.4, -0.2) is 34.7 Å². The minimum atomic E-state index is -0.783. The molecule has 164 valence electrons. The summed E-state index contributed by atoms with van der Waals surface area (Å²) in [7, 11) is 0. The van der Waals surface area contributed by atoms with Gasteiger partial charge in [-0.25, -0.2) is 0 Å². The van der Waals surface area contributed by atoms with Gasteiger partial charge in [-0.3, -0.25) is 19.7 Å². The van der Waals surface area contributed by atoms with Gasteiger partial charge in [0.1, 0.15) is 5.69 Å². The van der Waals surface area contributed by atoms with E-state index in [1.807, 2.05) is 4.90 Å². The maximum atomic E-state index is 12.7. The normalized spacial score (nSPS) is 15.4. The molecule has 0 bridgehead atoms. The molecule has 1 aliphatic heterocycles. The van der Waals surface area contributed by atoms with Crippen molar-refractivity contribution in [1.82, 2.24) is 5.32 Å². The molecule has 2 aromatic carbocycles. The van der Waals surface area contributed by atoms with Crippen molar-refractivity contribution in [2.24, 2.45) is 5.73 Å². The number of halogens is 2. The number of nitrogens with one attached hydrogen (secondary N) is 1. The molecule has 1 unspecified atom stereocenters. The molecule has 2 aromatic rings. The largest absolute Gasteiger partial charge is 0.370 e. The number of alkyl halides is 1. The first-order valence-electron chi connectivity index (χ1n) is 9.76. The molecule has 1 fully saturated rings. The van der Waals surface area contributed by atoms with Crippen LogP contribution in [0.5, 0.6) is 0 Å². The monoisotopic (exact) mass is 552 g/mol. The molecule has 0 aromatic heterocycles. The fraction of sp³-hybridized carbons (Fsp3) is 0.333. The van der Waals surface area contributed by atoms with Crippen molar-refractivity contribution in [3.05, 3.63) is 68.2 Å². The van der Waals surface area contributed by atoms with Crippen LogP contribution in [0, 0.1) is 10.1 Å². The summed E-state index contributed by atoms with van der Waals surface area (Å²) in [5, 5.41) is 14.6. The Balaban J connectivity index is 1.89. The van der Waals surface area contributed by atoms with Crippen LogP contribution >= 0.6 is 31.9 Å². The van der Waals surface area contributed by atoms with Gasteiger partial charge in [-0.15, -0.1) is 0 Å². The first-order valence-corrected chi connectivity index (χ1v) is 11.5. The molecule has 0 saturated carbocycles. The molecule has 3 rings (SSSR count). The van der Waals surface area contributed by atoms with Gasteiger partial charge >= 0.3 is 0 Å². The summed E-state index contributed by atoms with van der Waals surface area (Å²) in [6.45, 7) is 1.42. The molecule has 3 N–H and O–H groups in total. The highest BCUT2D eigenvalue weighted by molar-refractivity contribution is 9.10. The number of amides is 2. The number of nitro benzene ring substituents is 1. The first-order chi connectivity index (χ1) is 14.7. The third-order valence-electron chi connectivity index (χ3n) is 5.18. The van der Waals surface area contributed by atoms with Crippen LogP contribution in [-0.2, 0) is 4.79 Å². The highest BCUT2D eigenvalue weighted by Crippen LogP contribution is 2.34. The molecular weight excluding hydrogens is 532 g/mol. The second kappa shape index (κ2) is 10.2. The third kappa shape index (κ3) is 6.04. The van der Waals surface area contributed by atoms with E-state index in [0.29, 0.717) is 34.7 Å². The Morgan fingerprint density at radius 1 is 1.19 bits per heavy atom. The Morgan fingerprint density at radius 2 is 1.84 bits per heavy atom. The van der Waals surface area contributed by atoms with Gasteiger partial charge in [0, 0.05) is 34.0 Å². The van der Waals surface area contributed by atoms with Crippen molar-refractivity contribution in [3.63, 3.8) is 0 Å². The Labute approximate surface area is 196 Å². The van der Waals surface area contributed by atoms with E-state index in [4.69, 9.17) is 5.73 Å². The predicted octanol–water partition coefficient (Wildman–Crippen LogP) is 4.07. The molecule has 1 atom stereocenters. The van der Waals surface area contributed by atoms with Crippen molar-refractivity contribution in [3.8, 4) is 0 Å². The predicted molar refractivity (Wildman–Crippen MR) is 125 cm³/mol. The molecule has 1 saturated heterocycles. The van der Waals surface area contributed by atoms with Crippen LogP contribution in [0.4, 0.5) is 11.4 Å². The number of primary amides is 1. The van der Waals surface area contributed by atoms with E-state index in [9.17, 15) is 19.7 Å². The SMILES string of the molecule is NC(=O)CC(NC(=O)c1ccc(Br)cc1)c1ccc(N2CCC(Br)CC2)c([N+](=O)[O-])c1. The Kier molecular flexibility index (Phi) is 7.66. The molecule has 8 nitrogen and oxygen atoms in total. The van der Waals surface area contributed by atoms with E-state index in [1.165, 1.54) is 6.07 Å². The second-order valence-electron chi connectivity index (χ2n) is 7.37. The summed E-state index contributed by atoms with van der Waals surface area (Å²) in [6, 6.07) is 10.8. The summed E-state index contributed by atoms with van der Waals surface area (Å²) in [5.74, 6) is -1.02. The topological polar surface area (TPSA) is 119 Å². The fourth-order valence-electron chi connectivity index (χ4n) is 3.56. The Morgan fingerprint density at radius 3 is 2.42 bits per heavy atom. The number of nitrogens with two attached hydrogens (primary N) is 1. The van der Waals surface area contributed by atoms with Gasteiger partial charge in [0.2, 0.25) is 5.91 Å². The first kappa shape index (κ1) is 23.2. The minimum absolute atomic E-state index is 0.0575. The molecule has 2 amide bonds. The lowest BCUT2D eigenvalue weighted by Gasteiger charge is -2.31. The molecule has 31 heavy (non-hydrogen) atoms. The number of rotatable bonds is 7. The van der Waals surface area contributed by atoms with Crippen LogP contribution in [0.1, 0.15) is 41.2 Å². The average molecular weight is 554 g/mol. The van der Waals surface area contributed by atoms with Crippen molar-refractivity contribution < 1.29 is 14.5 Å². The fourth-order valence-corrected chi connectivity index (χ4v) is 4.23. The maximum Gasteiger partial charge on any atom is 0.292 e. The molecule has 0 aliphatic carbocycles.